The molecule has 2 fully saturated rings. The Morgan fingerprint density at radius 2 is 1.68 bits per heavy atom. The number of nitrogens with zero attached hydrogens (tertiary/aromatic N) is 1. The molecule has 198 valence electrons. The van der Waals surface area contributed by atoms with Gasteiger partial charge in [0.05, 0.1) is 27.1 Å². The third-order valence-electron chi connectivity index (χ3n) is 7.62. The quantitative estimate of drug-likeness (QED) is 0.372. The molecule has 2 unspecified atom stereocenters. The van der Waals surface area contributed by atoms with E-state index >= 15 is 0 Å². The number of aliphatic hydroxyl groups excluding tert-OH is 1. The number of H-pyrrole nitrogens is 1. The van der Waals surface area contributed by atoms with Gasteiger partial charge in [-0.3, -0.25) is 4.98 Å². The van der Waals surface area contributed by atoms with Crippen molar-refractivity contribution in [1.82, 2.24) is 9.97 Å². The molecule has 1 aliphatic heterocycles. The van der Waals surface area contributed by atoms with Crippen LogP contribution < -0.4 is 0 Å². The minimum absolute atomic E-state index is 0.0887. The molecule has 1 aliphatic carbocycles. The first-order valence-corrected chi connectivity index (χ1v) is 14.6. The molecule has 8 heteroatoms. The van der Waals surface area contributed by atoms with E-state index in [1.807, 2.05) is 24.3 Å². The van der Waals surface area contributed by atoms with Crippen LogP contribution in [0.3, 0.4) is 0 Å². The Morgan fingerprint density at radius 3 is 2.27 bits per heavy atom. The number of pyridine rings is 1. The zero-order valence-electron chi connectivity index (χ0n) is 21.4. The fourth-order valence-corrected chi connectivity index (χ4v) is 6.77. The first-order valence-electron chi connectivity index (χ1n) is 13.1. The predicted molar refractivity (Wildman–Crippen MR) is 142 cm³/mol. The lowest BCUT2D eigenvalue weighted by Gasteiger charge is -2.27. The van der Waals surface area contributed by atoms with Crippen molar-refractivity contribution in [3.05, 3.63) is 71.5 Å². The third-order valence-corrected chi connectivity index (χ3v) is 9.89. The molecule has 1 saturated carbocycles. The van der Waals surface area contributed by atoms with Crippen molar-refractivity contribution < 1.29 is 23.4 Å². The van der Waals surface area contributed by atoms with Crippen LogP contribution in [0, 0.1) is 5.92 Å². The highest BCUT2D eigenvalue weighted by Gasteiger charge is 2.37. The Hall–Kier alpha value is -2.52. The highest BCUT2D eigenvalue weighted by Crippen LogP contribution is 2.38. The summed E-state index contributed by atoms with van der Waals surface area (Å²) in [6.45, 7) is 4.68. The molecule has 7 nitrogen and oxygen atoms in total. The van der Waals surface area contributed by atoms with Crippen molar-refractivity contribution in [2.24, 2.45) is 5.92 Å². The number of nitrogens with one attached hydrogen (secondary N) is 1. The predicted octanol–water partition coefficient (Wildman–Crippen LogP) is 4.77. The summed E-state index contributed by atoms with van der Waals surface area (Å²) >= 11 is 0. The lowest BCUT2D eigenvalue weighted by Crippen LogP contribution is -2.28. The molecule has 2 aromatic heterocycles. The Morgan fingerprint density at radius 1 is 1.00 bits per heavy atom. The number of aromatic nitrogens is 2. The van der Waals surface area contributed by atoms with E-state index in [-0.39, 0.29) is 11.2 Å². The second kappa shape index (κ2) is 10.3. The fraction of sp³-hybridized carbons (Fsp3) is 0.483. The van der Waals surface area contributed by atoms with Crippen molar-refractivity contribution in [3.8, 4) is 11.4 Å². The SMILES string of the molecule is CC(C)(O)C(O)c1ccc(-c2ccc(C(CC3CCOCC3)c3ccc(S(=O)(=O)C4CC4)cc3)[nH]2)nc1. The van der Waals surface area contributed by atoms with Gasteiger partial charge in [0.2, 0.25) is 0 Å². The molecule has 0 radical (unpaired) electrons. The molecule has 2 atom stereocenters. The highest BCUT2D eigenvalue weighted by molar-refractivity contribution is 7.92. The van der Waals surface area contributed by atoms with Crippen LogP contribution in [0.4, 0.5) is 0 Å². The number of rotatable bonds is 9. The first kappa shape index (κ1) is 26.1. The van der Waals surface area contributed by atoms with Crippen LogP contribution in [0.5, 0.6) is 0 Å². The zero-order valence-corrected chi connectivity index (χ0v) is 22.2. The summed E-state index contributed by atoms with van der Waals surface area (Å²) < 4.78 is 30.9. The van der Waals surface area contributed by atoms with Crippen LogP contribution in [0.2, 0.25) is 0 Å². The average Bonchev–Trinajstić information content (AvgIpc) is 3.66. The summed E-state index contributed by atoms with van der Waals surface area (Å²) in [4.78, 5) is 8.48. The summed E-state index contributed by atoms with van der Waals surface area (Å²) in [6, 6.07) is 15.2. The second-order valence-corrected chi connectivity index (χ2v) is 13.2. The number of hydrogen-bond acceptors (Lipinski definition) is 6. The molecule has 0 bridgehead atoms. The summed E-state index contributed by atoms with van der Waals surface area (Å²) in [5, 5.41) is 20.2. The van der Waals surface area contributed by atoms with E-state index in [2.05, 4.69) is 16.0 Å². The lowest BCUT2D eigenvalue weighted by atomic mass is 9.83. The van der Waals surface area contributed by atoms with Crippen LogP contribution >= 0.6 is 0 Å². The molecule has 3 aromatic rings. The highest BCUT2D eigenvalue weighted by atomic mass is 32.2. The standard InChI is InChI=1S/C29H36N2O5S/c1-29(2,33)28(32)21-5-10-26(30-18-21)27-12-11-25(31-27)24(17-19-13-15-36-16-14-19)20-3-6-22(7-4-20)37(34,35)23-8-9-23/h3-7,10-12,18-19,23-24,28,31-33H,8-9,13-17H2,1-2H3. The van der Waals surface area contributed by atoms with Crippen LogP contribution in [-0.4, -0.2) is 52.7 Å². The Labute approximate surface area is 218 Å². The van der Waals surface area contributed by atoms with Gasteiger partial charge in [0, 0.05) is 36.6 Å². The molecule has 0 spiro atoms. The lowest BCUT2D eigenvalue weighted by molar-refractivity contribution is -0.0498. The smallest absolute Gasteiger partial charge is 0.181 e. The van der Waals surface area contributed by atoms with Crippen molar-refractivity contribution in [2.45, 2.75) is 73.7 Å². The van der Waals surface area contributed by atoms with Gasteiger partial charge >= 0.3 is 0 Å². The summed E-state index contributed by atoms with van der Waals surface area (Å²) in [6.07, 6.45) is 5.07. The van der Waals surface area contributed by atoms with Crippen LogP contribution in [0.25, 0.3) is 11.4 Å². The van der Waals surface area contributed by atoms with Crippen molar-refractivity contribution in [2.75, 3.05) is 13.2 Å². The Kier molecular flexibility index (Phi) is 7.29. The molecule has 2 aliphatic rings. The van der Waals surface area contributed by atoms with E-state index in [0.717, 1.165) is 68.0 Å². The van der Waals surface area contributed by atoms with Gasteiger partial charge in [0.1, 0.15) is 6.10 Å². The van der Waals surface area contributed by atoms with Crippen LogP contribution in [0.1, 0.15) is 74.8 Å². The monoisotopic (exact) mass is 524 g/mol. The maximum atomic E-state index is 12.7. The third kappa shape index (κ3) is 5.82. The zero-order chi connectivity index (χ0) is 26.2. The minimum atomic E-state index is -3.22. The van der Waals surface area contributed by atoms with Gasteiger partial charge in [-0.2, -0.15) is 0 Å². The first-order chi connectivity index (χ1) is 17.6. The van der Waals surface area contributed by atoms with Gasteiger partial charge in [0.15, 0.2) is 9.84 Å². The molecule has 1 saturated heterocycles. The molecule has 1 aromatic carbocycles. The number of hydrogen-bond donors (Lipinski definition) is 3. The van der Waals surface area contributed by atoms with Gasteiger partial charge in [-0.1, -0.05) is 18.2 Å². The topological polar surface area (TPSA) is 113 Å². The van der Waals surface area contributed by atoms with Crippen LogP contribution in [0.15, 0.2) is 59.6 Å². The van der Waals surface area contributed by atoms with Gasteiger partial charge < -0.3 is 19.9 Å². The molecule has 3 heterocycles. The Bertz CT molecular complexity index is 1300. The van der Waals surface area contributed by atoms with Gasteiger partial charge in [0.25, 0.3) is 0 Å². The molecular formula is C29H36N2O5S. The second-order valence-electron chi connectivity index (χ2n) is 11.0. The maximum absolute atomic E-state index is 12.7. The van der Waals surface area contributed by atoms with E-state index in [4.69, 9.17) is 4.74 Å². The number of ether oxygens (including phenoxy) is 1. The van der Waals surface area contributed by atoms with Crippen molar-refractivity contribution >= 4 is 9.84 Å². The maximum Gasteiger partial charge on any atom is 0.181 e. The largest absolute Gasteiger partial charge is 0.387 e. The number of sulfone groups is 1. The van der Waals surface area contributed by atoms with Crippen LogP contribution in [-0.2, 0) is 14.6 Å². The molecule has 5 rings (SSSR count). The molecule has 3 N–H and O–H groups in total. The van der Waals surface area contributed by atoms with E-state index < -0.39 is 21.5 Å². The summed E-state index contributed by atoms with van der Waals surface area (Å²) in [5.74, 6) is 0.618. The molecule has 37 heavy (non-hydrogen) atoms. The van der Waals surface area contributed by atoms with Crippen molar-refractivity contribution in [1.29, 1.82) is 0 Å². The van der Waals surface area contributed by atoms with Crippen molar-refractivity contribution in [3.63, 3.8) is 0 Å². The van der Waals surface area contributed by atoms with E-state index in [0.29, 0.717) is 16.4 Å². The van der Waals surface area contributed by atoms with Gasteiger partial charge in [-0.05, 0) is 87.8 Å². The van der Waals surface area contributed by atoms with Gasteiger partial charge in [-0.25, -0.2) is 8.42 Å². The normalized spacial score (nSPS) is 19.0. The Balaban J connectivity index is 1.41. The van der Waals surface area contributed by atoms with E-state index in [9.17, 15) is 18.6 Å². The summed E-state index contributed by atoms with van der Waals surface area (Å²) in [7, 11) is -3.22. The van der Waals surface area contributed by atoms with Gasteiger partial charge in [-0.15, -0.1) is 0 Å². The number of aliphatic hydroxyl groups is 2. The van der Waals surface area contributed by atoms with E-state index in [1.54, 1.807) is 38.2 Å². The average molecular weight is 525 g/mol. The molecular weight excluding hydrogens is 488 g/mol. The minimum Gasteiger partial charge on any atom is -0.387 e. The summed E-state index contributed by atoms with van der Waals surface area (Å²) in [5.41, 5.74) is 3.06. The number of aromatic amines is 1. The van der Waals surface area contributed by atoms with E-state index in [1.165, 1.54) is 0 Å². The number of benzene rings is 1. The molecule has 0 amide bonds. The fourth-order valence-electron chi connectivity index (χ4n) is 5.12.